The molecular formula is C20H26N3O+. The van der Waals surface area contributed by atoms with Crippen molar-refractivity contribution in [2.45, 2.75) is 26.2 Å². The molecule has 2 aromatic rings. The van der Waals surface area contributed by atoms with E-state index < -0.39 is 0 Å². The molecule has 1 N–H and O–H groups in total. The van der Waals surface area contributed by atoms with Gasteiger partial charge in [-0.1, -0.05) is 32.9 Å². The smallest absolute Gasteiger partial charge is 0.253 e. The fourth-order valence-corrected chi connectivity index (χ4v) is 3.05. The second-order valence-electron chi connectivity index (χ2n) is 7.36. The van der Waals surface area contributed by atoms with Gasteiger partial charge in [-0.25, -0.2) is 4.98 Å². The number of carbonyl (C=O) groups excluding carboxylic acids is 1. The number of aromatic nitrogens is 1. The van der Waals surface area contributed by atoms with E-state index in [1.165, 1.54) is 11.3 Å². The van der Waals surface area contributed by atoms with Gasteiger partial charge in [-0.15, -0.1) is 0 Å². The number of hydrogen-bond donors (Lipinski definition) is 0. The third-order valence-corrected chi connectivity index (χ3v) is 4.63. The van der Waals surface area contributed by atoms with Crippen LogP contribution in [-0.4, -0.2) is 37.0 Å². The molecule has 1 saturated heterocycles. The van der Waals surface area contributed by atoms with Crippen molar-refractivity contribution >= 4 is 11.6 Å². The van der Waals surface area contributed by atoms with Crippen LogP contribution in [0.15, 0.2) is 48.8 Å². The molecule has 1 fully saturated rings. The van der Waals surface area contributed by atoms with Crippen LogP contribution in [0.4, 0.5) is 5.69 Å². The maximum atomic E-state index is 12.7. The minimum Gasteiger partial charge on any atom is -0.368 e. The number of hydrogen-bond acceptors (Lipinski definition) is 2. The summed E-state index contributed by atoms with van der Waals surface area (Å²) < 4.78 is 0. The van der Waals surface area contributed by atoms with Gasteiger partial charge in [0, 0.05) is 49.6 Å². The molecule has 2 heterocycles. The monoisotopic (exact) mass is 324 g/mol. The Morgan fingerprint density at radius 3 is 2.04 bits per heavy atom. The van der Waals surface area contributed by atoms with Gasteiger partial charge in [-0.3, -0.25) is 4.79 Å². The lowest BCUT2D eigenvalue weighted by Crippen LogP contribution is -2.48. The Morgan fingerprint density at radius 2 is 1.50 bits per heavy atom. The van der Waals surface area contributed by atoms with E-state index in [-0.39, 0.29) is 11.3 Å². The normalized spacial score (nSPS) is 15.5. The summed E-state index contributed by atoms with van der Waals surface area (Å²) in [5, 5.41) is 0. The maximum Gasteiger partial charge on any atom is 0.253 e. The molecule has 0 radical (unpaired) electrons. The Labute approximate surface area is 144 Å². The third-order valence-electron chi connectivity index (χ3n) is 4.63. The fourth-order valence-electron chi connectivity index (χ4n) is 3.05. The first-order valence-corrected chi connectivity index (χ1v) is 8.56. The van der Waals surface area contributed by atoms with Crippen molar-refractivity contribution in [3.05, 3.63) is 59.9 Å². The van der Waals surface area contributed by atoms with Crippen LogP contribution in [0.2, 0.25) is 0 Å². The van der Waals surface area contributed by atoms with E-state index in [4.69, 9.17) is 0 Å². The number of aromatic amines is 1. The number of H-pyrrole nitrogens is 1. The quantitative estimate of drug-likeness (QED) is 0.852. The Hall–Kier alpha value is -2.36. The van der Waals surface area contributed by atoms with Crippen LogP contribution in [0.3, 0.4) is 0 Å². The predicted octanol–water partition coefficient (Wildman–Crippen LogP) is 2.76. The lowest BCUT2D eigenvalue weighted by molar-refractivity contribution is -0.377. The number of piperazine rings is 1. The van der Waals surface area contributed by atoms with Gasteiger partial charge in [0.1, 0.15) is 0 Å². The van der Waals surface area contributed by atoms with Gasteiger partial charge in [0.25, 0.3) is 5.91 Å². The summed E-state index contributed by atoms with van der Waals surface area (Å²) in [5.41, 5.74) is 3.35. The summed E-state index contributed by atoms with van der Waals surface area (Å²) in [6.07, 6.45) is 3.87. The summed E-state index contributed by atoms with van der Waals surface area (Å²) in [5.74, 6) is 0.136. The molecule has 1 aliphatic heterocycles. The van der Waals surface area contributed by atoms with Crippen LogP contribution in [0.5, 0.6) is 0 Å². The molecule has 24 heavy (non-hydrogen) atoms. The van der Waals surface area contributed by atoms with E-state index in [9.17, 15) is 4.79 Å². The summed E-state index contributed by atoms with van der Waals surface area (Å²) in [4.78, 5) is 20.0. The van der Waals surface area contributed by atoms with Gasteiger partial charge in [0.2, 0.25) is 0 Å². The molecule has 1 aromatic carbocycles. The molecule has 0 bridgehead atoms. The van der Waals surface area contributed by atoms with E-state index >= 15 is 0 Å². The molecule has 4 heteroatoms. The largest absolute Gasteiger partial charge is 0.368 e. The fraction of sp³-hybridized carbons (Fsp3) is 0.400. The first-order valence-electron chi connectivity index (χ1n) is 8.56. The molecule has 0 unspecified atom stereocenters. The second kappa shape index (κ2) is 6.63. The van der Waals surface area contributed by atoms with Crippen molar-refractivity contribution in [2.24, 2.45) is 0 Å². The van der Waals surface area contributed by atoms with Crippen molar-refractivity contribution in [3.8, 4) is 0 Å². The van der Waals surface area contributed by atoms with Crippen LogP contribution in [0.25, 0.3) is 0 Å². The molecule has 3 rings (SSSR count). The number of nitrogens with one attached hydrogen (secondary N) is 1. The first kappa shape index (κ1) is 16.5. The summed E-state index contributed by atoms with van der Waals surface area (Å²) in [6.45, 7) is 9.82. The Bertz CT molecular complexity index is 681. The summed E-state index contributed by atoms with van der Waals surface area (Å²) >= 11 is 0. The highest BCUT2D eigenvalue weighted by molar-refractivity contribution is 5.94. The van der Waals surface area contributed by atoms with Crippen LogP contribution in [0, 0.1) is 0 Å². The van der Waals surface area contributed by atoms with Gasteiger partial charge in [0.05, 0.1) is 0 Å². The van der Waals surface area contributed by atoms with Gasteiger partial charge in [-0.2, -0.15) is 0 Å². The summed E-state index contributed by atoms with van der Waals surface area (Å²) in [7, 11) is 0. The molecule has 1 amide bonds. The van der Waals surface area contributed by atoms with Gasteiger partial charge in [-0.05, 0) is 23.1 Å². The van der Waals surface area contributed by atoms with Gasteiger partial charge in [0.15, 0.2) is 12.4 Å². The highest BCUT2D eigenvalue weighted by Gasteiger charge is 2.23. The zero-order chi connectivity index (χ0) is 17.2. The van der Waals surface area contributed by atoms with E-state index in [2.05, 4.69) is 54.9 Å². The van der Waals surface area contributed by atoms with Crippen molar-refractivity contribution in [2.75, 3.05) is 31.1 Å². The minimum atomic E-state index is 0.111. The van der Waals surface area contributed by atoms with E-state index in [1.807, 2.05) is 29.4 Å². The zero-order valence-corrected chi connectivity index (χ0v) is 14.7. The van der Waals surface area contributed by atoms with Crippen molar-refractivity contribution in [3.63, 3.8) is 0 Å². The van der Waals surface area contributed by atoms with E-state index in [0.717, 1.165) is 31.7 Å². The number of benzene rings is 1. The Balaban J connectivity index is 1.63. The Kier molecular flexibility index (Phi) is 4.56. The van der Waals surface area contributed by atoms with Crippen LogP contribution in [0.1, 0.15) is 36.7 Å². The summed E-state index contributed by atoms with van der Waals surface area (Å²) in [6, 6.07) is 12.2. The highest BCUT2D eigenvalue weighted by Crippen LogP contribution is 2.23. The lowest BCUT2D eigenvalue weighted by atomic mass is 9.86. The molecule has 0 aliphatic carbocycles. The SMILES string of the molecule is CC(C)(C)c1ccc(C(=O)N2CCN(c3cc[nH+]cc3)CC2)cc1. The number of rotatable bonds is 2. The molecule has 0 spiro atoms. The first-order chi connectivity index (χ1) is 11.4. The lowest BCUT2D eigenvalue weighted by Gasteiger charge is -2.36. The Morgan fingerprint density at radius 1 is 0.917 bits per heavy atom. The average Bonchev–Trinajstić information content (AvgIpc) is 2.61. The topological polar surface area (TPSA) is 37.7 Å². The molecule has 126 valence electrons. The molecule has 0 saturated carbocycles. The standard InChI is InChI=1S/C20H25N3O/c1-20(2,3)17-6-4-16(5-7-17)19(24)23-14-12-22(13-15-23)18-8-10-21-11-9-18/h4-11H,12-15H2,1-3H3/p+1. The van der Waals surface area contributed by atoms with E-state index in [0.29, 0.717) is 0 Å². The van der Waals surface area contributed by atoms with Crippen LogP contribution in [-0.2, 0) is 5.41 Å². The number of amides is 1. The minimum absolute atomic E-state index is 0.111. The van der Waals surface area contributed by atoms with Crippen LogP contribution < -0.4 is 9.88 Å². The highest BCUT2D eigenvalue weighted by atomic mass is 16.2. The van der Waals surface area contributed by atoms with Crippen molar-refractivity contribution in [1.82, 2.24) is 4.90 Å². The average molecular weight is 324 g/mol. The maximum absolute atomic E-state index is 12.7. The number of carbonyl (C=O) groups is 1. The molecule has 1 aromatic heterocycles. The molecular weight excluding hydrogens is 298 g/mol. The van der Waals surface area contributed by atoms with Crippen molar-refractivity contribution in [1.29, 1.82) is 0 Å². The second-order valence-corrected chi connectivity index (χ2v) is 7.36. The van der Waals surface area contributed by atoms with Crippen LogP contribution >= 0.6 is 0 Å². The molecule has 0 atom stereocenters. The van der Waals surface area contributed by atoms with Gasteiger partial charge < -0.3 is 9.80 Å². The molecule has 1 aliphatic rings. The number of pyridine rings is 1. The van der Waals surface area contributed by atoms with Gasteiger partial charge >= 0.3 is 0 Å². The molecule has 4 nitrogen and oxygen atoms in total. The third kappa shape index (κ3) is 3.58. The number of nitrogens with zero attached hydrogens (tertiary/aromatic N) is 2. The van der Waals surface area contributed by atoms with Crippen molar-refractivity contribution < 1.29 is 9.78 Å². The number of anilines is 1. The predicted molar refractivity (Wildman–Crippen MR) is 96.3 cm³/mol. The van der Waals surface area contributed by atoms with E-state index in [1.54, 1.807) is 0 Å². The zero-order valence-electron chi connectivity index (χ0n) is 14.7.